The molecule has 1 N–H and O–H groups in total. The summed E-state index contributed by atoms with van der Waals surface area (Å²) >= 11 is 3.85. The molecule has 0 bridgehead atoms. The molecule has 1 aliphatic heterocycles. The molecule has 1 aliphatic rings. The molecule has 0 aliphatic carbocycles. The van der Waals surface area contributed by atoms with Crippen LogP contribution in [0.2, 0.25) is 0 Å². The maximum atomic E-state index is 5.52. The second kappa shape index (κ2) is 7.44. The summed E-state index contributed by atoms with van der Waals surface area (Å²) in [5.41, 5.74) is 1.19. The van der Waals surface area contributed by atoms with Gasteiger partial charge >= 0.3 is 0 Å². The molecule has 120 valence electrons. The Morgan fingerprint density at radius 3 is 2.52 bits per heavy atom. The lowest BCUT2D eigenvalue weighted by Crippen LogP contribution is -2.43. The van der Waals surface area contributed by atoms with E-state index in [-0.39, 0.29) is 0 Å². The lowest BCUT2D eigenvalue weighted by Gasteiger charge is -2.36. The van der Waals surface area contributed by atoms with Crippen LogP contribution in [0.25, 0.3) is 0 Å². The zero-order valence-electron chi connectivity index (χ0n) is 13.9. The van der Waals surface area contributed by atoms with E-state index in [4.69, 9.17) is 9.72 Å². The minimum Gasteiger partial charge on any atom is -0.381 e. The van der Waals surface area contributed by atoms with Gasteiger partial charge in [0.05, 0.1) is 10.7 Å². The van der Waals surface area contributed by atoms with Gasteiger partial charge in [-0.15, -0.1) is 11.3 Å². The Hall–Kier alpha value is -0.100. The summed E-state index contributed by atoms with van der Waals surface area (Å²) in [7, 11) is 0. The molecule has 0 spiro atoms. The van der Waals surface area contributed by atoms with Gasteiger partial charge in [0.2, 0.25) is 0 Å². The second-order valence-corrected chi connectivity index (χ2v) is 8.60. The zero-order valence-corrected chi connectivity index (χ0v) is 15.5. The highest BCUT2D eigenvalue weighted by molar-refractivity contribution is 8.00. The molecule has 3 nitrogen and oxygen atoms in total. The number of aromatic nitrogens is 1. The van der Waals surface area contributed by atoms with Crippen molar-refractivity contribution in [2.24, 2.45) is 0 Å². The van der Waals surface area contributed by atoms with Gasteiger partial charge in [-0.05, 0) is 32.9 Å². The first-order valence-corrected chi connectivity index (χ1v) is 9.85. The lowest BCUT2D eigenvalue weighted by molar-refractivity contribution is 0.0767. The van der Waals surface area contributed by atoms with Gasteiger partial charge in [0.25, 0.3) is 0 Å². The van der Waals surface area contributed by atoms with Crippen LogP contribution in [0.15, 0.2) is 0 Å². The number of thioether (sulfide) groups is 1. The molecule has 1 unspecified atom stereocenters. The number of nitrogens with one attached hydrogen (secondary N) is 1. The van der Waals surface area contributed by atoms with Crippen molar-refractivity contribution in [2.75, 3.05) is 26.0 Å². The first kappa shape index (κ1) is 17.3. The molecule has 2 heterocycles. The van der Waals surface area contributed by atoms with Gasteiger partial charge in [-0.2, -0.15) is 11.8 Å². The third-order valence-electron chi connectivity index (χ3n) is 4.30. The Bertz CT molecular complexity index is 453. The molecule has 1 atom stereocenters. The summed E-state index contributed by atoms with van der Waals surface area (Å²) in [4.78, 5) is 6.11. The van der Waals surface area contributed by atoms with Crippen molar-refractivity contribution < 1.29 is 4.74 Å². The molecule has 1 aromatic rings. The Morgan fingerprint density at radius 2 is 2.00 bits per heavy atom. The quantitative estimate of drug-likeness (QED) is 0.851. The van der Waals surface area contributed by atoms with Gasteiger partial charge in [-0.25, -0.2) is 4.98 Å². The Labute approximate surface area is 137 Å². The predicted molar refractivity (Wildman–Crippen MR) is 93.7 cm³/mol. The first-order chi connectivity index (χ1) is 9.97. The van der Waals surface area contributed by atoms with E-state index in [9.17, 15) is 0 Å². The highest BCUT2D eigenvalue weighted by atomic mass is 32.2. The summed E-state index contributed by atoms with van der Waals surface area (Å²) in [6.45, 7) is 11.7. The van der Waals surface area contributed by atoms with Crippen LogP contribution in [0.3, 0.4) is 0 Å². The maximum absolute atomic E-state index is 5.52. The summed E-state index contributed by atoms with van der Waals surface area (Å²) in [6.07, 6.45) is 4.52. The smallest absolute Gasteiger partial charge is 0.0956 e. The van der Waals surface area contributed by atoms with Gasteiger partial charge in [0, 0.05) is 41.3 Å². The van der Waals surface area contributed by atoms with Crippen molar-refractivity contribution >= 4 is 23.1 Å². The fourth-order valence-corrected chi connectivity index (χ4v) is 4.61. The maximum Gasteiger partial charge on any atom is 0.0956 e. The molecular formula is C16H28N2OS2. The van der Waals surface area contributed by atoms with Crippen LogP contribution < -0.4 is 5.32 Å². The van der Waals surface area contributed by atoms with E-state index < -0.39 is 0 Å². The summed E-state index contributed by atoms with van der Waals surface area (Å²) < 4.78 is 5.86. The van der Waals surface area contributed by atoms with E-state index in [0.29, 0.717) is 16.7 Å². The number of thiazole rings is 1. The van der Waals surface area contributed by atoms with E-state index in [1.165, 1.54) is 15.6 Å². The molecular weight excluding hydrogens is 300 g/mol. The van der Waals surface area contributed by atoms with Crippen LogP contribution in [0.1, 0.15) is 61.2 Å². The SMILES string of the molecule is CSC1(CNC(C)c2sc(C(C)C)nc2C)CCOCC1. The van der Waals surface area contributed by atoms with E-state index in [2.05, 4.69) is 39.3 Å². The van der Waals surface area contributed by atoms with Crippen LogP contribution in [-0.4, -0.2) is 35.7 Å². The van der Waals surface area contributed by atoms with Crippen LogP contribution in [0.5, 0.6) is 0 Å². The third-order valence-corrected chi connectivity index (χ3v) is 7.36. The van der Waals surface area contributed by atoms with Crippen molar-refractivity contribution in [1.29, 1.82) is 0 Å². The largest absolute Gasteiger partial charge is 0.381 e. The number of hydrogen-bond acceptors (Lipinski definition) is 5. The van der Waals surface area contributed by atoms with Crippen LogP contribution >= 0.6 is 23.1 Å². The Morgan fingerprint density at radius 1 is 1.33 bits per heavy atom. The molecule has 1 fully saturated rings. The van der Waals surface area contributed by atoms with E-state index >= 15 is 0 Å². The van der Waals surface area contributed by atoms with Crippen LogP contribution in [0, 0.1) is 6.92 Å². The van der Waals surface area contributed by atoms with E-state index in [0.717, 1.165) is 32.6 Å². The number of aryl methyl sites for hydroxylation is 1. The molecule has 0 aromatic carbocycles. The van der Waals surface area contributed by atoms with Crippen molar-refractivity contribution in [2.45, 2.75) is 57.2 Å². The van der Waals surface area contributed by atoms with Gasteiger partial charge in [-0.3, -0.25) is 0 Å². The van der Waals surface area contributed by atoms with Gasteiger partial charge in [-0.1, -0.05) is 13.8 Å². The highest BCUT2D eigenvalue weighted by Crippen LogP contribution is 2.35. The number of ether oxygens (including phenoxy) is 1. The zero-order chi connectivity index (χ0) is 15.5. The Kier molecular flexibility index (Phi) is 6.12. The van der Waals surface area contributed by atoms with Gasteiger partial charge in [0.15, 0.2) is 0 Å². The molecule has 0 saturated carbocycles. The van der Waals surface area contributed by atoms with Crippen LogP contribution in [-0.2, 0) is 4.74 Å². The molecule has 1 saturated heterocycles. The minimum absolute atomic E-state index is 0.339. The van der Waals surface area contributed by atoms with Crippen molar-refractivity contribution in [1.82, 2.24) is 10.3 Å². The Balaban J connectivity index is 1.99. The monoisotopic (exact) mass is 328 g/mol. The topological polar surface area (TPSA) is 34.2 Å². The summed E-state index contributed by atoms with van der Waals surface area (Å²) in [6, 6.07) is 0.377. The molecule has 0 radical (unpaired) electrons. The normalized spacial score (nSPS) is 19.9. The fourth-order valence-electron chi connectivity index (χ4n) is 2.71. The number of nitrogens with zero attached hydrogens (tertiary/aromatic N) is 1. The molecule has 21 heavy (non-hydrogen) atoms. The summed E-state index contributed by atoms with van der Waals surface area (Å²) in [5, 5.41) is 5.00. The van der Waals surface area contributed by atoms with Crippen molar-refractivity contribution in [3.8, 4) is 0 Å². The molecule has 5 heteroatoms. The first-order valence-electron chi connectivity index (χ1n) is 7.81. The van der Waals surface area contributed by atoms with Gasteiger partial charge < -0.3 is 10.1 Å². The minimum atomic E-state index is 0.339. The number of rotatable bonds is 6. The fraction of sp³-hybridized carbons (Fsp3) is 0.812. The molecule has 2 rings (SSSR count). The van der Waals surface area contributed by atoms with E-state index in [1.807, 2.05) is 23.1 Å². The van der Waals surface area contributed by atoms with E-state index in [1.54, 1.807) is 0 Å². The van der Waals surface area contributed by atoms with Gasteiger partial charge in [0.1, 0.15) is 0 Å². The lowest BCUT2D eigenvalue weighted by atomic mass is 9.98. The second-order valence-electron chi connectivity index (χ2n) is 6.26. The molecule has 0 amide bonds. The standard InChI is InChI=1S/C16H28N2OS2/c1-11(2)15-18-13(4)14(21-15)12(3)17-10-16(20-5)6-8-19-9-7-16/h11-12,17H,6-10H2,1-5H3. The summed E-state index contributed by atoms with van der Waals surface area (Å²) in [5.74, 6) is 0.516. The van der Waals surface area contributed by atoms with Crippen LogP contribution in [0.4, 0.5) is 0 Å². The predicted octanol–water partition coefficient (Wildman–Crippen LogP) is 4.14. The van der Waals surface area contributed by atoms with Crippen molar-refractivity contribution in [3.63, 3.8) is 0 Å². The van der Waals surface area contributed by atoms with Crippen molar-refractivity contribution in [3.05, 3.63) is 15.6 Å². The highest BCUT2D eigenvalue weighted by Gasteiger charge is 2.32. The third kappa shape index (κ3) is 4.21. The number of hydrogen-bond donors (Lipinski definition) is 1. The molecule has 1 aromatic heterocycles. The average molecular weight is 329 g/mol. The average Bonchev–Trinajstić information content (AvgIpc) is 2.88.